The second kappa shape index (κ2) is 7.61. The molecule has 0 bridgehead atoms. The molecule has 0 aromatic rings. The zero-order chi connectivity index (χ0) is 13.7. The number of nitrogens with zero attached hydrogens (tertiary/aromatic N) is 2. The van der Waals surface area contributed by atoms with Crippen molar-refractivity contribution in [2.45, 2.75) is 71.0 Å². The zero-order valence-electron chi connectivity index (χ0n) is 13.2. The van der Waals surface area contributed by atoms with Gasteiger partial charge in [-0.15, -0.1) is 0 Å². The van der Waals surface area contributed by atoms with Gasteiger partial charge in [0.2, 0.25) is 0 Å². The quantitative estimate of drug-likeness (QED) is 0.797. The Kier molecular flexibility index (Phi) is 6.11. The molecule has 112 valence electrons. The minimum Gasteiger partial charge on any atom is -0.314 e. The van der Waals surface area contributed by atoms with Crippen LogP contribution in [0.2, 0.25) is 0 Å². The fourth-order valence-electron chi connectivity index (χ4n) is 3.91. The summed E-state index contributed by atoms with van der Waals surface area (Å²) in [6.45, 7) is 13.1. The summed E-state index contributed by atoms with van der Waals surface area (Å²) < 4.78 is 0. The molecule has 1 aliphatic heterocycles. The molecule has 0 aromatic carbocycles. The first-order chi connectivity index (χ1) is 9.20. The highest BCUT2D eigenvalue weighted by Crippen LogP contribution is 2.24. The van der Waals surface area contributed by atoms with Gasteiger partial charge in [-0.25, -0.2) is 0 Å². The van der Waals surface area contributed by atoms with Gasteiger partial charge in [-0.3, -0.25) is 9.80 Å². The van der Waals surface area contributed by atoms with Gasteiger partial charge in [-0.05, 0) is 39.7 Å². The van der Waals surface area contributed by atoms with Crippen molar-refractivity contribution in [1.82, 2.24) is 15.1 Å². The SMILES string of the molecule is CCNC(C)CC(C)N1CCN(C2CCCC2)CC1. The molecule has 3 heteroatoms. The highest BCUT2D eigenvalue weighted by atomic mass is 15.3. The van der Waals surface area contributed by atoms with Crippen molar-refractivity contribution in [3.63, 3.8) is 0 Å². The van der Waals surface area contributed by atoms with E-state index in [1.165, 1.54) is 58.3 Å². The van der Waals surface area contributed by atoms with E-state index in [2.05, 4.69) is 35.9 Å². The molecule has 0 spiro atoms. The largest absolute Gasteiger partial charge is 0.314 e. The summed E-state index contributed by atoms with van der Waals surface area (Å²) in [6, 6.07) is 2.28. The lowest BCUT2D eigenvalue weighted by molar-refractivity contribution is 0.0701. The van der Waals surface area contributed by atoms with E-state index in [1.807, 2.05) is 0 Å². The van der Waals surface area contributed by atoms with Gasteiger partial charge in [0.1, 0.15) is 0 Å². The molecule has 19 heavy (non-hydrogen) atoms. The predicted octanol–water partition coefficient (Wildman–Crippen LogP) is 2.32. The van der Waals surface area contributed by atoms with Crippen LogP contribution in [0, 0.1) is 0 Å². The Morgan fingerprint density at radius 1 is 1.05 bits per heavy atom. The Morgan fingerprint density at radius 3 is 2.26 bits per heavy atom. The van der Waals surface area contributed by atoms with Crippen molar-refractivity contribution in [3.05, 3.63) is 0 Å². The fraction of sp³-hybridized carbons (Fsp3) is 1.00. The lowest BCUT2D eigenvalue weighted by Gasteiger charge is -2.41. The molecule has 0 aromatic heterocycles. The number of hydrogen-bond acceptors (Lipinski definition) is 3. The highest BCUT2D eigenvalue weighted by molar-refractivity contribution is 4.84. The van der Waals surface area contributed by atoms with Crippen molar-refractivity contribution in [1.29, 1.82) is 0 Å². The van der Waals surface area contributed by atoms with E-state index in [4.69, 9.17) is 0 Å². The molecule has 2 fully saturated rings. The minimum absolute atomic E-state index is 0.646. The molecule has 1 N–H and O–H groups in total. The van der Waals surface area contributed by atoms with E-state index in [0.717, 1.165) is 18.6 Å². The molecule has 0 amide bonds. The van der Waals surface area contributed by atoms with Gasteiger partial charge in [-0.1, -0.05) is 19.8 Å². The van der Waals surface area contributed by atoms with Crippen LogP contribution >= 0.6 is 0 Å². The molecular formula is C16H33N3. The van der Waals surface area contributed by atoms with Crippen LogP contribution in [0.25, 0.3) is 0 Å². The Bertz CT molecular complexity index is 242. The first-order valence-electron chi connectivity index (χ1n) is 8.42. The number of rotatable bonds is 6. The molecule has 2 unspecified atom stereocenters. The maximum absolute atomic E-state index is 3.53. The Hall–Kier alpha value is -0.120. The Labute approximate surface area is 119 Å². The van der Waals surface area contributed by atoms with Crippen molar-refractivity contribution in [3.8, 4) is 0 Å². The summed E-state index contributed by atoms with van der Waals surface area (Å²) in [7, 11) is 0. The maximum Gasteiger partial charge on any atom is 0.0113 e. The number of piperazine rings is 1. The van der Waals surface area contributed by atoms with Crippen LogP contribution in [0.3, 0.4) is 0 Å². The monoisotopic (exact) mass is 267 g/mol. The van der Waals surface area contributed by atoms with Crippen LogP contribution in [-0.4, -0.2) is 60.6 Å². The van der Waals surface area contributed by atoms with Gasteiger partial charge >= 0.3 is 0 Å². The molecule has 0 radical (unpaired) electrons. The number of nitrogens with one attached hydrogen (secondary N) is 1. The summed E-state index contributed by atoms with van der Waals surface area (Å²) in [5, 5.41) is 3.53. The third-order valence-electron chi connectivity index (χ3n) is 5.06. The molecule has 2 rings (SSSR count). The lowest BCUT2D eigenvalue weighted by atomic mass is 10.1. The van der Waals surface area contributed by atoms with Crippen LogP contribution in [0.1, 0.15) is 52.9 Å². The van der Waals surface area contributed by atoms with Gasteiger partial charge in [0.15, 0.2) is 0 Å². The van der Waals surface area contributed by atoms with Gasteiger partial charge in [0.25, 0.3) is 0 Å². The molecule has 1 saturated carbocycles. The first kappa shape index (κ1) is 15.3. The van der Waals surface area contributed by atoms with Crippen molar-refractivity contribution in [2.75, 3.05) is 32.7 Å². The second-order valence-corrected chi connectivity index (χ2v) is 6.55. The van der Waals surface area contributed by atoms with E-state index in [1.54, 1.807) is 0 Å². The van der Waals surface area contributed by atoms with Crippen molar-refractivity contribution < 1.29 is 0 Å². The van der Waals surface area contributed by atoms with E-state index >= 15 is 0 Å². The normalized spacial score (nSPS) is 26.7. The predicted molar refractivity (Wildman–Crippen MR) is 82.6 cm³/mol. The van der Waals surface area contributed by atoms with Gasteiger partial charge < -0.3 is 5.32 Å². The van der Waals surface area contributed by atoms with Crippen LogP contribution in [0.4, 0.5) is 0 Å². The third-order valence-corrected chi connectivity index (χ3v) is 5.06. The van der Waals surface area contributed by atoms with Gasteiger partial charge in [-0.2, -0.15) is 0 Å². The van der Waals surface area contributed by atoms with Crippen LogP contribution in [0.15, 0.2) is 0 Å². The molecule has 2 aliphatic rings. The smallest absolute Gasteiger partial charge is 0.0113 e. The first-order valence-corrected chi connectivity index (χ1v) is 8.42. The third kappa shape index (κ3) is 4.44. The van der Waals surface area contributed by atoms with Crippen molar-refractivity contribution >= 4 is 0 Å². The second-order valence-electron chi connectivity index (χ2n) is 6.55. The topological polar surface area (TPSA) is 18.5 Å². The molecule has 3 nitrogen and oxygen atoms in total. The molecule has 2 atom stereocenters. The van der Waals surface area contributed by atoms with Crippen LogP contribution in [-0.2, 0) is 0 Å². The summed E-state index contributed by atoms with van der Waals surface area (Å²) in [6.07, 6.45) is 7.10. The van der Waals surface area contributed by atoms with Crippen LogP contribution in [0.5, 0.6) is 0 Å². The summed E-state index contributed by atoms with van der Waals surface area (Å²) in [4.78, 5) is 5.45. The lowest BCUT2D eigenvalue weighted by Crippen LogP contribution is -2.52. The zero-order valence-corrected chi connectivity index (χ0v) is 13.2. The van der Waals surface area contributed by atoms with E-state index in [0.29, 0.717) is 6.04 Å². The maximum atomic E-state index is 3.53. The standard InChI is InChI=1S/C16H33N3/c1-4-17-14(2)13-15(3)18-9-11-19(12-10-18)16-7-5-6-8-16/h14-17H,4-13H2,1-3H3. The summed E-state index contributed by atoms with van der Waals surface area (Å²) in [5.41, 5.74) is 0. The fourth-order valence-corrected chi connectivity index (χ4v) is 3.91. The molecular weight excluding hydrogens is 234 g/mol. The average Bonchev–Trinajstić information content (AvgIpc) is 2.93. The minimum atomic E-state index is 0.646. The van der Waals surface area contributed by atoms with Gasteiger partial charge in [0, 0.05) is 44.3 Å². The molecule has 1 aliphatic carbocycles. The Morgan fingerprint density at radius 2 is 1.68 bits per heavy atom. The summed E-state index contributed by atoms with van der Waals surface area (Å²) >= 11 is 0. The highest BCUT2D eigenvalue weighted by Gasteiger charge is 2.27. The summed E-state index contributed by atoms with van der Waals surface area (Å²) in [5.74, 6) is 0. The molecule has 1 saturated heterocycles. The average molecular weight is 267 g/mol. The molecule has 1 heterocycles. The van der Waals surface area contributed by atoms with E-state index < -0.39 is 0 Å². The van der Waals surface area contributed by atoms with E-state index in [9.17, 15) is 0 Å². The van der Waals surface area contributed by atoms with Gasteiger partial charge in [0.05, 0.1) is 0 Å². The van der Waals surface area contributed by atoms with Crippen molar-refractivity contribution in [2.24, 2.45) is 0 Å². The number of hydrogen-bond donors (Lipinski definition) is 1. The van der Waals surface area contributed by atoms with E-state index in [-0.39, 0.29) is 0 Å². The Balaban J connectivity index is 1.69. The van der Waals surface area contributed by atoms with Crippen LogP contribution < -0.4 is 5.32 Å².